The van der Waals surface area contributed by atoms with Gasteiger partial charge >= 0.3 is 0 Å². The summed E-state index contributed by atoms with van der Waals surface area (Å²) in [6, 6.07) is 7.61. The van der Waals surface area contributed by atoms with Crippen molar-refractivity contribution in [2.24, 2.45) is 0 Å². The second kappa shape index (κ2) is 8.24. The summed E-state index contributed by atoms with van der Waals surface area (Å²) in [5, 5.41) is 8.17. The van der Waals surface area contributed by atoms with E-state index >= 15 is 0 Å². The van der Waals surface area contributed by atoms with Crippen LogP contribution < -0.4 is 10.6 Å². The largest absolute Gasteiger partial charge is 0.343 e. The van der Waals surface area contributed by atoms with Gasteiger partial charge in [-0.15, -0.1) is 11.3 Å². The number of aromatic nitrogens is 1. The zero-order valence-corrected chi connectivity index (χ0v) is 13.9. The SMILES string of the molecule is CCc1ccccc1NC(=O)CNC(=O)/C=C/c1csc(C)n1. The number of para-hydroxylation sites is 1. The zero-order chi connectivity index (χ0) is 16.7. The number of hydrogen-bond donors (Lipinski definition) is 2. The molecule has 0 spiro atoms. The maximum Gasteiger partial charge on any atom is 0.244 e. The molecule has 6 heteroatoms. The molecule has 0 atom stereocenters. The molecule has 2 rings (SSSR count). The van der Waals surface area contributed by atoms with E-state index in [1.165, 1.54) is 17.4 Å². The second-order valence-corrected chi connectivity index (χ2v) is 5.96. The van der Waals surface area contributed by atoms with Crippen molar-refractivity contribution in [3.8, 4) is 0 Å². The topological polar surface area (TPSA) is 71.1 Å². The molecule has 0 fully saturated rings. The molecule has 1 heterocycles. The number of carbonyl (C=O) groups excluding carboxylic acids is 2. The number of thiazole rings is 1. The van der Waals surface area contributed by atoms with Crippen LogP contribution in [0.5, 0.6) is 0 Å². The summed E-state index contributed by atoms with van der Waals surface area (Å²) in [6.45, 7) is 3.86. The minimum atomic E-state index is -0.324. The lowest BCUT2D eigenvalue weighted by molar-refractivity contribution is -0.121. The zero-order valence-electron chi connectivity index (χ0n) is 13.1. The summed E-state index contributed by atoms with van der Waals surface area (Å²) < 4.78 is 0. The summed E-state index contributed by atoms with van der Waals surface area (Å²) in [5.41, 5.74) is 2.58. The smallest absolute Gasteiger partial charge is 0.244 e. The Morgan fingerprint density at radius 1 is 1.30 bits per heavy atom. The predicted molar refractivity (Wildman–Crippen MR) is 93.3 cm³/mol. The molecule has 1 aromatic carbocycles. The highest BCUT2D eigenvalue weighted by Crippen LogP contribution is 2.15. The van der Waals surface area contributed by atoms with Gasteiger partial charge in [-0.1, -0.05) is 25.1 Å². The third-order valence-corrected chi connectivity index (χ3v) is 3.93. The third kappa shape index (κ3) is 5.34. The quantitative estimate of drug-likeness (QED) is 0.801. The van der Waals surface area contributed by atoms with Crippen molar-refractivity contribution in [3.63, 3.8) is 0 Å². The van der Waals surface area contributed by atoms with Crippen molar-refractivity contribution in [2.45, 2.75) is 20.3 Å². The Morgan fingerprint density at radius 3 is 2.78 bits per heavy atom. The molecule has 2 amide bonds. The normalized spacial score (nSPS) is 10.7. The van der Waals surface area contributed by atoms with Crippen LogP contribution in [0.2, 0.25) is 0 Å². The molecule has 0 unspecified atom stereocenters. The minimum absolute atomic E-state index is 0.0721. The van der Waals surface area contributed by atoms with Gasteiger partial charge in [-0.3, -0.25) is 9.59 Å². The van der Waals surface area contributed by atoms with E-state index in [2.05, 4.69) is 15.6 Å². The minimum Gasteiger partial charge on any atom is -0.343 e. The highest BCUT2D eigenvalue weighted by molar-refractivity contribution is 7.09. The molecule has 0 aliphatic carbocycles. The van der Waals surface area contributed by atoms with E-state index in [4.69, 9.17) is 0 Å². The Kier molecular flexibility index (Phi) is 6.05. The molecule has 23 heavy (non-hydrogen) atoms. The van der Waals surface area contributed by atoms with Gasteiger partial charge in [0.25, 0.3) is 0 Å². The molecule has 2 aromatic rings. The van der Waals surface area contributed by atoms with Gasteiger partial charge in [0.05, 0.1) is 17.2 Å². The van der Waals surface area contributed by atoms with Crippen molar-refractivity contribution < 1.29 is 9.59 Å². The van der Waals surface area contributed by atoms with Crippen molar-refractivity contribution >= 4 is 34.9 Å². The number of nitrogens with zero attached hydrogens (tertiary/aromatic N) is 1. The molecule has 5 nitrogen and oxygen atoms in total. The van der Waals surface area contributed by atoms with Gasteiger partial charge in [-0.25, -0.2) is 4.98 Å². The molecule has 0 saturated heterocycles. The van der Waals surface area contributed by atoms with E-state index in [1.807, 2.05) is 43.5 Å². The first-order chi connectivity index (χ1) is 11.1. The molecule has 0 saturated carbocycles. The Bertz CT molecular complexity index is 722. The molecule has 0 aliphatic rings. The molecular formula is C17H19N3O2S. The van der Waals surface area contributed by atoms with Crippen LogP contribution in [-0.4, -0.2) is 23.3 Å². The van der Waals surface area contributed by atoms with Gasteiger partial charge in [-0.2, -0.15) is 0 Å². The number of carbonyl (C=O) groups is 2. The van der Waals surface area contributed by atoms with Crippen LogP contribution in [0.25, 0.3) is 6.08 Å². The number of benzene rings is 1. The standard InChI is InChI=1S/C17H19N3O2S/c1-3-13-6-4-5-7-15(13)20-17(22)10-18-16(21)9-8-14-11-23-12(2)19-14/h4-9,11H,3,10H2,1-2H3,(H,18,21)(H,20,22)/b9-8+. The Balaban J connectivity index is 1.82. The predicted octanol–water partition coefficient (Wildman–Crippen LogP) is 2.78. The van der Waals surface area contributed by atoms with Crippen LogP contribution in [0.4, 0.5) is 5.69 Å². The van der Waals surface area contributed by atoms with E-state index in [1.54, 1.807) is 6.08 Å². The fourth-order valence-corrected chi connectivity index (χ4v) is 2.57. The number of aryl methyl sites for hydroxylation is 2. The van der Waals surface area contributed by atoms with Crippen LogP contribution in [0.15, 0.2) is 35.7 Å². The van der Waals surface area contributed by atoms with Gasteiger partial charge in [0.1, 0.15) is 0 Å². The summed E-state index contributed by atoms with van der Waals surface area (Å²) >= 11 is 1.52. The summed E-state index contributed by atoms with van der Waals surface area (Å²) in [5.74, 6) is -0.577. The van der Waals surface area contributed by atoms with E-state index < -0.39 is 0 Å². The van der Waals surface area contributed by atoms with Crippen LogP contribution in [0.3, 0.4) is 0 Å². The molecule has 1 aromatic heterocycles. The Labute approximate surface area is 139 Å². The van der Waals surface area contributed by atoms with Gasteiger partial charge in [0.2, 0.25) is 11.8 Å². The van der Waals surface area contributed by atoms with Gasteiger partial charge in [0, 0.05) is 17.1 Å². The molecule has 0 radical (unpaired) electrons. The van der Waals surface area contributed by atoms with Crippen molar-refractivity contribution in [1.29, 1.82) is 0 Å². The van der Waals surface area contributed by atoms with E-state index in [-0.39, 0.29) is 18.4 Å². The lowest BCUT2D eigenvalue weighted by Crippen LogP contribution is -2.31. The average molecular weight is 329 g/mol. The maximum atomic E-state index is 11.9. The first-order valence-electron chi connectivity index (χ1n) is 7.34. The van der Waals surface area contributed by atoms with Gasteiger partial charge < -0.3 is 10.6 Å². The molecule has 2 N–H and O–H groups in total. The first kappa shape index (κ1) is 16.9. The number of anilines is 1. The van der Waals surface area contributed by atoms with E-state index in [9.17, 15) is 9.59 Å². The first-order valence-corrected chi connectivity index (χ1v) is 8.22. The van der Waals surface area contributed by atoms with Crippen LogP contribution in [-0.2, 0) is 16.0 Å². The number of hydrogen-bond acceptors (Lipinski definition) is 4. The van der Waals surface area contributed by atoms with E-state index in [0.29, 0.717) is 0 Å². The summed E-state index contributed by atoms with van der Waals surface area (Å²) in [7, 11) is 0. The fourth-order valence-electron chi connectivity index (χ4n) is 1.99. The maximum absolute atomic E-state index is 11.9. The lowest BCUT2D eigenvalue weighted by atomic mass is 10.1. The average Bonchev–Trinajstić information content (AvgIpc) is 2.97. The van der Waals surface area contributed by atoms with Crippen LogP contribution in [0.1, 0.15) is 23.2 Å². The van der Waals surface area contributed by atoms with E-state index in [0.717, 1.165) is 28.4 Å². The Hall–Kier alpha value is -2.47. The monoisotopic (exact) mass is 329 g/mol. The highest BCUT2D eigenvalue weighted by Gasteiger charge is 2.06. The van der Waals surface area contributed by atoms with Gasteiger partial charge in [-0.05, 0) is 31.1 Å². The molecule has 0 bridgehead atoms. The van der Waals surface area contributed by atoms with Crippen LogP contribution in [0, 0.1) is 6.92 Å². The van der Waals surface area contributed by atoms with Gasteiger partial charge in [0.15, 0.2) is 0 Å². The molecular weight excluding hydrogens is 310 g/mol. The number of amides is 2. The highest BCUT2D eigenvalue weighted by atomic mass is 32.1. The third-order valence-electron chi connectivity index (χ3n) is 3.14. The summed E-state index contributed by atoms with van der Waals surface area (Å²) in [6.07, 6.45) is 3.84. The Morgan fingerprint density at radius 2 is 2.09 bits per heavy atom. The van der Waals surface area contributed by atoms with Crippen molar-refractivity contribution in [2.75, 3.05) is 11.9 Å². The lowest BCUT2D eigenvalue weighted by Gasteiger charge is -2.09. The van der Waals surface area contributed by atoms with Crippen LogP contribution >= 0.6 is 11.3 Å². The second-order valence-electron chi connectivity index (χ2n) is 4.90. The van der Waals surface area contributed by atoms with Crippen molar-refractivity contribution in [1.82, 2.24) is 10.3 Å². The molecule has 0 aliphatic heterocycles. The number of nitrogens with one attached hydrogen (secondary N) is 2. The fraction of sp³-hybridized carbons (Fsp3) is 0.235. The summed E-state index contributed by atoms with van der Waals surface area (Å²) in [4.78, 5) is 27.8. The molecule has 120 valence electrons. The number of rotatable bonds is 6. The van der Waals surface area contributed by atoms with Crippen molar-refractivity contribution in [3.05, 3.63) is 52.0 Å².